The van der Waals surface area contributed by atoms with Crippen molar-refractivity contribution in [3.63, 3.8) is 0 Å². The van der Waals surface area contributed by atoms with E-state index in [1.807, 2.05) is 23.8 Å². The molecule has 72 valence electrons. The highest BCUT2D eigenvalue weighted by Crippen LogP contribution is 2.23. The maximum atomic E-state index is 8.77. The van der Waals surface area contributed by atoms with Crippen molar-refractivity contribution in [3.8, 4) is 10.4 Å². The van der Waals surface area contributed by atoms with Gasteiger partial charge in [-0.1, -0.05) is 24.3 Å². The van der Waals surface area contributed by atoms with Gasteiger partial charge in [0.25, 0.3) is 0 Å². The summed E-state index contributed by atoms with van der Waals surface area (Å²) in [6.45, 7) is 0.208. The Kier molecular flexibility index (Phi) is 2.91. The highest BCUT2D eigenvalue weighted by atomic mass is 32.1. The number of benzene rings is 1. The average Bonchev–Trinajstić information content (AvgIpc) is 2.72. The van der Waals surface area contributed by atoms with E-state index in [1.165, 1.54) is 16.0 Å². The number of thiazole rings is 1. The number of hydrogen-bond acceptors (Lipinski definition) is 3. The van der Waals surface area contributed by atoms with Crippen LogP contribution in [-0.4, -0.2) is 16.7 Å². The maximum Gasteiger partial charge on any atom is 0.0797 e. The molecule has 0 atom stereocenters. The first-order chi connectivity index (χ1) is 6.90. The summed E-state index contributed by atoms with van der Waals surface area (Å²) in [7, 11) is 0. The molecule has 1 aromatic heterocycles. The van der Waals surface area contributed by atoms with E-state index in [2.05, 4.69) is 17.1 Å². The fraction of sp³-hybridized carbons (Fsp3) is 0.182. The molecular formula is C11H11NOS. The van der Waals surface area contributed by atoms with E-state index >= 15 is 0 Å². The first-order valence-electron chi connectivity index (χ1n) is 4.49. The molecule has 0 amide bonds. The predicted molar refractivity (Wildman–Crippen MR) is 58.3 cm³/mol. The summed E-state index contributed by atoms with van der Waals surface area (Å²) < 4.78 is 0. The Morgan fingerprint density at radius 3 is 2.57 bits per heavy atom. The van der Waals surface area contributed by atoms with Crippen molar-refractivity contribution in [2.45, 2.75) is 6.42 Å². The Morgan fingerprint density at radius 2 is 2.00 bits per heavy atom. The van der Waals surface area contributed by atoms with Gasteiger partial charge in [0.05, 0.1) is 10.4 Å². The van der Waals surface area contributed by atoms with Crippen molar-refractivity contribution in [2.24, 2.45) is 0 Å². The molecule has 0 spiro atoms. The van der Waals surface area contributed by atoms with Crippen LogP contribution in [0.2, 0.25) is 0 Å². The van der Waals surface area contributed by atoms with Crippen LogP contribution in [0.4, 0.5) is 0 Å². The maximum absolute atomic E-state index is 8.77. The molecule has 1 N–H and O–H groups in total. The van der Waals surface area contributed by atoms with Gasteiger partial charge in [-0.25, -0.2) is 0 Å². The second-order valence-corrected chi connectivity index (χ2v) is 3.92. The van der Waals surface area contributed by atoms with Gasteiger partial charge >= 0.3 is 0 Å². The van der Waals surface area contributed by atoms with Crippen LogP contribution in [0.5, 0.6) is 0 Å². The number of nitrogens with zero attached hydrogens (tertiary/aromatic N) is 1. The molecule has 2 aromatic rings. The van der Waals surface area contributed by atoms with E-state index in [0.717, 1.165) is 6.42 Å². The van der Waals surface area contributed by atoms with Gasteiger partial charge < -0.3 is 5.11 Å². The lowest BCUT2D eigenvalue weighted by molar-refractivity contribution is 0.299. The first kappa shape index (κ1) is 9.37. The largest absolute Gasteiger partial charge is 0.396 e. The minimum atomic E-state index is 0.208. The smallest absolute Gasteiger partial charge is 0.0797 e. The summed E-state index contributed by atoms with van der Waals surface area (Å²) in [6, 6.07) is 8.23. The molecule has 2 rings (SSSR count). The van der Waals surface area contributed by atoms with Crippen LogP contribution < -0.4 is 0 Å². The minimum absolute atomic E-state index is 0.208. The van der Waals surface area contributed by atoms with Crippen molar-refractivity contribution >= 4 is 11.3 Å². The Balaban J connectivity index is 2.22. The second kappa shape index (κ2) is 4.35. The van der Waals surface area contributed by atoms with E-state index in [4.69, 9.17) is 5.11 Å². The Hall–Kier alpha value is -1.19. The van der Waals surface area contributed by atoms with Crippen LogP contribution in [0.15, 0.2) is 36.0 Å². The SMILES string of the molecule is OCCc1ccc(-c2cncs2)cc1. The van der Waals surface area contributed by atoms with Gasteiger partial charge in [-0.05, 0) is 17.5 Å². The summed E-state index contributed by atoms with van der Waals surface area (Å²) in [5, 5.41) is 8.77. The third-order valence-electron chi connectivity index (χ3n) is 2.07. The number of aliphatic hydroxyl groups is 1. The molecule has 3 heteroatoms. The topological polar surface area (TPSA) is 33.1 Å². The second-order valence-electron chi connectivity index (χ2n) is 3.04. The number of hydrogen-bond donors (Lipinski definition) is 1. The molecule has 0 unspecified atom stereocenters. The molecule has 1 aromatic carbocycles. The standard InChI is InChI=1S/C11H11NOS/c13-6-5-9-1-3-10(4-2-9)11-7-12-8-14-11/h1-4,7-8,13H,5-6H2. The molecule has 0 fully saturated rings. The molecule has 2 nitrogen and oxygen atoms in total. The summed E-state index contributed by atoms with van der Waals surface area (Å²) in [4.78, 5) is 5.22. The average molecular weight is 205 g/mol. The lowest BCUT2D eigenvalue weighted by Gasteiger charge is -1.99. The molecule has 1 heterocycles. The lowest BCUT2D eigenvalue weighted by atomic mass is 10.1. The van der Waals surface area contributed by atoms with E-state index in [-0.39, 0.29) is 6.61 Å². The summed E-state index contributed by atoms with van der Waals surface area (Å²) in [5.41, 5.74) is 4.19. The van der Waals surface area contributed by atoms with Crippen molar-refractivity contribution in [1.82, 2.24) is 4.98 Å². The van der Waals surface area contributed by atoms with E-state index in [0.29, 0.717) is 0 Å². The predicted octanol–water partition coefficient (Wildman–Crippen LogP) is 2.34. The van der Waals surface area contributed by atoms with Crippen LogP contribution in [0.25, 0.3) is 10.4 Å². The summed E-state index contributed by atoms with van der Waals surface area (Å²) in [5.74, 6) is 0. The van der Waals surface area contributed by atoms with Crippen LogP contribution in [-0.2, 0) is 6.42 Å². The highest BCUT2D eigenvalue weighted by Gasteiger charge is 1.98. The number of rotatable bonds is 3. The van der Waals surface area contributed by atoms with Gasteiger partial charge in [0.15, 0.2) is 0 Å². The van der Waals surface area contributed by atoms with Crippen molar-refractivity contribution < 1.29 is 5.11 Å². The third kappa shape index (κ3) is 2.00. The zero-order chi connectivity index (χ0) is 9.80. The third-order valence-corrected chi connectivity index (χ3v) is 2.89. The fourth-order valence-electron chi connectivity index (χ4n) is 1.32. The lowest BCUT2D eigenvalue weighted by Crippen LogP contribution is -1.89. The van der Waals surface area contributed by atoms with Crippen LogP contribution >= 0.6 is 11.3 Å². The van der Waals surface area contributed by atoms with Crippen LogP contribution in [0.1, 0.15) is 5.56 Å². The molecule has 0 aliphatic heterocycles. The molecule has 0 aliphatic rings. The quantitative estimate of drug-likeness (QED) is 0.834. The normalized spacial score (nSPS) is 10.4. The van der Waals surface area contributed by atoms with Gasteiger partial charge in [0, 0.05) is 12.8 Å². The van der Waals surface area contributed by atoms with E-state index < -0.39 is 0 Å². The first-order valence-corrected chi connectivity index (χ1v) is 5.37. The monoisotopic (exact) mass is 205 g/mol. The van der Waals surface area contributed by atoms with Crippen LogP contribution in [0, 0.1) is 0 Å². The Morgan fingerprint density at radius 1 is 1.21 bits per heavy atom. The van der Waals surface area contributed by atoms with E-state index in [9.17, 15) is 0 Å². The Bertz CT molecular complexity index is 380. The van der Waals surface area contributed by atoms with Crippen LogP contribution in [0.3, 0.4) is 0 Å². The molecule has 0 saturated carbocycles. The Labute approximate surface area is 86.9 Å². The zero-order valence-corrected chi connectivity index (χ0v) is 8.50. The van der Waals surface area contributed by atoms with Gasteiger partial charge in [0.1, 0.15) is 0 Å². The molecule has 0 saturated heterocycles. The van der Waals surface area contributed by atoms with Crippen molar-refractivity contribution in [2.75, 3.05) is 6.61 Å². The minimum Gasteiger partial charge on any atom is -0.396 e. The molecular weight excluding hydrogens is 194 g/mol. The van der Waals surface area contributed by atoms with Gasteiger partial charge in [0.2, 0.25) is 0 Å². The summed E-state index contributed by atoms with van der Waals surface area (Å²) >= 11 is 1.63. The molecule has 14 heavy (non-hydrogen) atoms. The van der Waals surface area contributed by atoms with Gasteiger partial charge in [-0.3, -0.25) is 4.98 Å². The number of aliphatic hydroxyl groups excluding tert-OH is 1. The van der Waals surface area contributed by atoms with Crippen molar-refractivity contribution in [1.29, 1.82) is 0 Å². The van der Waals surface area contributed by atoms with Gasteiger partial charge in [-0.2, -0.15) is 0 Å². The fourth-order valence-corrected chi connectivity index (χ4v) is 1.95. The molecule has 0 aliphatic carbocycles. The zero-order valence-electron chi connectivity index (χ0n) is 7.68. The summed E-state index contributed by atoms with van der Waals surface area (Å²) in [6.07, 6.45) is 2.59. The van der Waals surface area contributed by atoms with E-state index in [1.54, 1.807) is 11.3 Å². The van der Waals surface area contributed by atoms with Gasteiger partial charge in [-0.15, -0.1) is 11.3 Å². The highest BCUT2D eigenvalue weighted by molar-refractivity contribution is 7.13. The molecule has 0 bridgehead atoms. The number of aromatic nitrogens is 1. The molecule has 0 radical (unpaired) electrons. The van der Waals surface area contributed by atoms with Crippen molar-refractivity contribution in [3.05, 3.63) is 41.5 Å².